The number of hydrogen-bond donors (Lipinski definition) is 1. The lowest BCUT2D eigenvalue weighted by Gasteiger charge is -2.25. The Kier molecular flexibility index (Phi) is 4.51. The number of hydrogen-bond acceptors (Lipinski definition) is 7. The van der Waals surface area contributed by atoms with Crippen molar-refractivity contribution in [3.63, 3.8) is 0 Å². The van der Waals surface area contributed by atoms with Gasteiger partial charge in [-0.05, 0) is 17.7 Å². The molecule has 0 aliphatic carbocycles. The highest BCUT2D eigenvalue weighted by atomic mass is 16.6. The highest BCUT2D eigenvalue weighted by Gasteiger charge is 2.28. The molecule has 0 fully saturated rings. The van der Waals surface area contributed by atoms with Crippen molar-refractivity contribution in [2.75, 3.05) is 30.9 Å². The van der Waals surface area contributed by atoms with Crippen LogP contribution in [0.2, 0.25) is 0 Å². The Balaban J connectivity index is 1.90. The van der Waals surface area contributed by atoms with Gasteiger partial charge in [0.05, 0.1) is 17.6 Å². The third-order valence-electron chi connectivity index (χ3n) is 4.13. The summed E-state index contributed by atoms with van der Waals surface area (Å²) in [7, 11) is 3.41. The Hall–Kier alpha value is -3.16. The molecule has 0 saturated carbocycles. The summed E-state index contributed by atoms with van der Waals surface area (Å²) in [6.07, 6.45) is 0.334. The van der Waals surface area contributed by atoms with Gasteiger partial charge in [0.2, 0.25) is 5.82 Å². The average molecular weight is 342 g/mol. The zero-order valence-electron chi connectivity index (χ0n) is 14.0. The number of anilines is 2. The molecule has 8 heteroatoms. The molecule has 0 atom stereocenters. The summed E-state index contributed by atoms with van der Waals surface area (Å²) < 4.78 is 5.11. The van der Waals surface area contributed by atoms with E-state index in [1.54, 1.807) is 7.11 Å². The van der Waals surface area contributed by atoms with Gasteiger partial charge < -0.3 is 15.0 Å². The number of methoxy groups -OCH3 is 1. The zero-order chi connectivity index (χ0) is 18.0. The molecule has 3 rings (SSSR count). The van der Waals surface area contributed by atoms with Crippen LogP contribution in [0.25, 0.3) is 0 Å². The number of rotatable bonds is 5. The molecule has 2 heterocycles. The number of benzene rings is 1. The maximum atomic E-state index is 12.0. The van der Waals surface area contributed by atoms with Gasteiger partial charge >= 0.3 is 5.69 Å². The van der Waals surface area contributed by atoms with Crippen molar-refractivity contribution in [3.05, 3.63) is 51.6 Å². The number of nitro groups is 1. The minimum Gasteiger partial charge on any atom is -0.497 e. The van der Waals surface area contributed by atoms with E-state index in [0.29, 0.717) is 30.9 Å². The Bertz CT molecular complexity index is 820. The minimum atomic E-state index is -0.522. The fourth-order valence-electron chi connectivity index (χ4n) is 2.70. The molecule has 0 unspecified atom stereocenters. The molecule has 25 heavy (non-hydrogen) atoms. The van der Waals surface area contributed by atoms with E-state index in [-0.39, 0.29) is 17.3 Å². The van der Waals surface area contributed by atoms with Gasteiger partial charge in [-0.2, -0.15) is 0 Å². The number of aromatic nitrogens is 1. The predicted molar refractivity (Wildman–Crippen MR) is 93.4 cm³/mol. The molecule has 1 N–H and O–H groups in total. The summed E-state index contributed by atoms with van der Waals surface area (Å²) in [5.74, 6) is 1.24. The number of nitrogens with zero attached hydrogens (tertiary/aromatic N) is 3. The number of pyridine rings is 1. The number of nitrogens with one attached hydrogen (secondary N) is 1. The van der Waals surface area contributed by atoms with Crippen LogP contribution in [0, 0.1) is 10.1 Å². The topological polar surface area (TPSA) is 97.6 Å². The largest absolute Gasteiger partial charge is 0.497 e. The van der Waals surface area contributed by atoms with Crippen molar-refractivity contribution in [1.82, 2.24) is 4.98 Å². The summed E-state index contributed by atoms with van der Waals surface area (Å²) in [5.41, 5.74) is 1.03. The Morgan fingerprint density at radius 2 is 2.08 bits per heavy atom. The molecule has 130 valence electrons. The molecule has 0 spiro atoms. The zero-order valence-corrected chi connectivity index (χ0v) is 14.0. The van der Waals surface area contributed by atoms with Gasteiger partial charge in [0, 0.05) is 32.6 Å². The molecule has 0 bridgehead atoms. The molecule has 0 radical (unpaired) electrons. The van der Waals surface area contributed by atoms with Gasteiger partial charge in [-0.3, -0.25) is 14.9 Å². The van der Waals surface area contributed by atoms with Crippen LogP contribution in [0.3, 0.4) is 0 Å². The Morgan fingerprint density at radius 3 is 2.72 bits per heavy atom. The van der Waals surface area contributed by atoms with Crippen LogP contribution in [-0.4, -0.2) is 36.4 Å². The van der Waals surface area contributed by atoms with Crippen LogP contribution >= 0.6 is 0 Å². The van der Waals surface area contributed by atoms with E-state index in [4.69, 9.17) is 4.74 Å². The predicted octanol–water partition coefficient (Wildman–Crippen LogP) is 2.63. The quantitative estimate of drug-likeness (QED) is 0.659. The lowest BCUT2D eigenvalue weighted by Crippen LogP contribution is -2.29. The first-order chi connectivity index (χ1) is 12.0. The molecule has 0 saturated heterocycles. The molecule has 1 aromatic carbocycles. The normalized spacial score (nSPS) is 13.4. The molecular weight excluding hydrogens is 324 g/mol. The lowest BCUT2D eigenvalue weighted by atomic mass is 10.0. The average Bonchev–Trinajstić information content (AvgIpc) is 2.63. The first kappa shape index (κ1) is 16.7. The molecular formula is C17H18N4O4. The fraction of sp³-hybridized carbons (Fsp3) is 0.294. The number of ketones is 1. The SMILES string of the molecule is COc1ccc(CNc2nc3c(cc2[N+](=O)[O-])C(=O)CCN3C)cc1. The number of fused-ring (bicyclic) bond motifs is 1. The van der Waals surface area contributed by atoms with Crippen molar-refractivity contribution in [3.8, 4) is 5.75 Å². The van der Waals surface area contributed by atoms with E-state index < -0.39 is 4.92 Å². The highest BCUT2D eigenvalue weighted by Crippen LogP contribution is 2.32. The maximum Gasteiger partial charge on any atom is 0.312 e. The van der Waals surface area contributed by atoms with Crippen molar-refractivity contribution >= 4 is 23.1 Å². The summed E-state index contributed by atoms with van der Waals surface area (Å²) in [6, 6.07) is 8.68. The van der Waals surface area contributed by atoms with E-state index >= 15 is 0 Å². The first-order valence-electron chi connectivity index (χ1n) is 7.80. The number of carbonyl (C=O) groups is 1. The van der Waals surface area contributed by atoms with Crippen LogP contribution in [0.4, 0.5) is 17.3 Å². The van der Waals surface area contributed by atoms with Crippen molar-refractivity contribution in [1.29, 1.82) is 0 Å². The molecule has 1 aliphatic heterocycles. The van der Waals surface area contributed by atoms with E-state index in [1.807, 2.05) is 36.2 Å². The Labute approximate surface area is 144 Å². The second-order valence-electron chi connectivity index (χ2n) is 5.78. The molecule has 8 nitrogen and oxygen atoms in total. The monoisotopic (exact) mass is 342 g/mol. The van der Waals surface area contributed by atoms with E-state index in [0.717, 1.165) is 11.3 Å². The van der Waals surface area contributed by atoms with Gasteiger partial charge in [-0.25, -0.2) is 4.98 Å². The lowest BCUT2D eigenvalue weighted by molar-refractivity contribution is -0.384. The van der Waals surface area contributed by atoms with Crippen LogP contribution < -0.4 is 15.0 Å². The van der Waals surface area contributed by atoms with Crippen molar-refractivity contribution in [2.45, 2.75) is 13.0 Å². The second-order valence-corrected chi connectivity index (χ2v) is 5.78. The Morgan fingerprint density at radius 1 is 1.36 bits per heavy atom. The highest BCUT2D eigenvalue weighted by molar-refractivity contribution is 6.03. The maximum absolute atomic E-state index is 12.0. The molecule has 1 aliphatic rings. The standard InChI is InChI=1S/C17H18N4O4/c1-20-8-7-15(22)13-9-14(21(23)24)16(19-17(13)20)18-10-11-3-5-12(25-2)6-4-11/h3-6,9H,7-8,10H2,1-2H3,(H,18,19). The van der Waals surface area contributed by atoms with E-state index in [9.17, 15) is 14.9 Å². The van der Waals surface area contributed by atoms with Gasteiger partial charge in [0.25, 0.3) is 0 Å². The minimum absolute atomic E-state index is 0.120. The third-order valence-corrected chi connectivity index (χ3v) is 4.13. The number of Topliss-reactive ketones (excluding diaryl/α,β-unsaturated/α-hetero) is 1. The van der Waals surface area contributed by atoms with E-state index in [2.05, 4.69) is 10.3 Å². The van der Waals surface area contributed by atoms with Crippen LogP contribution in [0.5, 0.6) is 5.75 Å². The summed E-state index contributed by atoms with van der Waals surface area (Å²) in [6.45, 7) is 0.919. The van der Waals surface area contributed by atoms with E-state index in [1.165, 1.54) is 6.07 Å². The first-order valence-corrected chi connectivity index (χ1v) is 7.80. The van der Waals surface area contributed by atoms with Crippen LogP contribution in [-0.2, 0) is 6.54 Å². The number of carbonyl (C=O) groups excluding carboxylic acids is 1. The van der Waals surface area contributed by atoms with Crippen molar-refractivity contribution in [2.24, 2.45) is 0 Å². The van der Waals surface area contributed by atoms with Gasteiger partial charge in [-0.1, -0.05) is 12.1 Å². The molecule has 0 amide bonds. The number of ether oxygens (including phenoxy) is 1. The van der Waals surface area contributed by atoms with Crippen LogP contribution in [0.15, 0.2) is 30.3 Å². The van der Waals surface area contributed by atoms with Crippen LogP contribution in [0.1, 0.15) is 22.3 Å². The van der Waals surface area contributed by atoms with Crippen molar-refractivity contribution < 1.29 is 14.5 Å². The van der Waals surface area contributed by atoms with Gasteiger partial charge in [-0.15, -0.1) is 0 Å². The summed E-state index contributed by atoms with van der Waals surface area (Å²) in [4.78, 5) is 29.1. The third kappa shape index (κ3) is 3.37. The van der Waals surface area contributed by atoms with Gasteiger partial charge in [0.15, 0.2) is 5.78 Å². The van der Waals surface area contributed by atoms with Gasteiger partial charge in [0.1, 0.15) is 11.6 Å². The second kappa shape index (κ2) is 6.76. The fourth-order valence-corrected chi connectivity index (χ4v) is 2.70. The summed E-state index contributed by atoms with van der Waals surface area (Å²) in [5, 5.41) is 14.4. The summed E-state index contributed by atoms with van der Waals surface area (Å²) >= 11 is 0. The molecule has 2 aromatic rings. The smallest absolute Gasteiger partial charge is 0.312 e. The molecule has 1 aromatic heterocycles.